The average Bonchev–Trinajstić information content (AvgIpc) is 2.60. The van der Waals surface area contributed by atoms with Crippen molar-refractivity contribution in [1.82, 2.24) is 5.32 Å². The minimum Gasteiger partial charge on any atom is -0.352 e. The minimum absolute atomic E-state index is 0.0177. The molecule has 1 amide bonds. The van der Waals surface area contributed by atoms with Crippen molar-refractivity contribution in [3.63, 3.8) is 0 Å². The zero-order valence-corrected chi connectivity index (χ0v) is 14.5. The number of rotatable bonds is 8. The quantitative estimate of drug-likeness (QED) is 0.739. The second-order valence-corrected chi connectivity index (χ2v) is 6.07. The summed E-state index contributed by atoms with van der Waals surface area (Å²) in [6.07, 6.45) is 2.58. The lowest BCUT2D eigenvalue weighted by Gasteiger charge is -2.08. The Morgan fingerprint density at radius 3 is 2.33 bits per heavy atom. The third kappa shape index (κ3) is 5.34. The van der Waals surface area contributed by atoms with Crippen LogP contribution in [0.2, 0.25) is 0 Å². The molecule has 0 fully saturated rings. The van der Waals surface area contributed by atoms with E-state index < -0.39 is 0 Å². The van der Waals surface area contributed by atoms with Gasteiger partial charge in [-0.2, -0.15) is 0 Å². The highest BCUT2D eigenvalue weighted by Gasteiger charge is 2.09. The zero-order chi connectivity index (χ0) is 17.4. The monoisotopic (exact) mass is 323 g/mol. The summed E-state index contributed by atoms with van der Waals surface area (Å²) in [6.45, 7) is 4.66. The molecule has 24 heavy (non-hydrogen) atoms. The Balaban J connectivity index is 1.78. The molecule has 0 saturated carbocycles. The van der Waals surface area contributed by atoms with Crippen LogP contribution < -0.4 is 5.32 Å². The first kappa shape index (κ1) is 17.9. The summed E-state index contributed by atoms with van der Waals surface area (Å²) >= 11 is 0. The van der Waals surface area contributed by atoms with Crippen LogP contribution in [-0.4, -0.2) is 11.7 Å². The van der Waals surface area contributed by atoms with Crippen LogP contribution in [0.5, 0.6) is 0 Å². The van der Waals surface area contributed by atoms with E-state index in [0.29, 0.717) is 12.1 Å². The molecule has 1 N–H and O–H groups in total. The maximum atomic E-state index is 12.2. The third-order valence-electron chi connectivity index (χ3n) is 4.13. The molecule has 0 heterocycles. The first-order chi connectivity index (χ1) is 11.6. The number of nitrogens with one attached hydrogen (secondary N) is 1. The van der Waals surface area contributed by atoms with Crippen molar-refractivity contribution < 1.29 is 9.59 Å². The molecule has 2 aromatic rings. The van der Waals surface area contributed by atoms with Crippen molar-refractivity contribution in [1.29, 1.82) is 0 Å². The van der Waals surface area contributed by atoms with E-state index >= 15 is 0 Å². The predicted octanol–water partition coefficient (Wildman–Crippen LogP) is 4.23. The molecular formula is C21H25NO2. The normalized spacial score (nSPS) is 10.4. The molecular weight excluding hydrogens is 298 g/mol. The molecule has 0 aliphatic carbocycles. The summed E-state index contributed by atoms with van der Waals surface area (Å²) in [7, 11) is 0. The van der Waals surface area contributed by atoms with Crippen molar-refractivity contribution >= 4 is 11.7 Å². The first-order valence-electron chi connectivity index (χ1n) is 8.53. The summed E-state index contributed by atoms with van der Waals surface area (Å²) < 4.78 is 0. The Labute approximate surface area is 144 Å². The molecule has 0 bridgehead atoms. The molecule has 0 spiro atoms. The van der Waals surface area contributed by atoms with Crippen LogP contribution in [0.4, 0.5) is 0 Å². The molecule has 0 saturated heterocycles. The summed E-state index contributed by atoms with van der Waals surface area (Å²) in [4.78, 5) is 24.1. The fraction of sp³-hybridized carbons (Fsp3) is 0.333. The number of carbonyl (C=O) groups is 2. The Kier molecular flexibility index (Phi) is 6.74. The standard InChI is InChI=1S/C21H25NO2/c1-3-6-17-9-11-18(12-10-17)20(23)13-14-21(24)22-15-19-8-5-4-7-16(19)2/h4-5,7-12H,3,6,13-15H2,1-2H3,(H,22,24). The molecule has 0 radical (unpaired) electrons. The summed E-state index contributed by atoms with van der Waals surface area (Å²) in [5, 5.41) is 2.88. The van der Waals surface area contributed by atoms with Crippen LogP contribution in [-0.2, 0) is 17.8 Å². The van der Waals surface area contributed by atoms with Gasteiger partial charge in [0.05, 0.1) is 0 Å². The van der Waals surface area contributed by atoms with Gasteiger partial charge in [0, 0.05) is 24.9 Å². The van der Waals surface area contributed by atoms with E-state index in [-0.39, 0.29) is 24.5 Å². The van der Waals surface area contributed by atoms with Gasteiger partial charge < -0.3 is 5.32 Å². The Bertz CT molecular complexity index is 689. The predicted molar refractivity (Wildman–Crippen MR) is 97.0 cm³/mol. The largest absolute Gasteiger partial charge is 0.352 e. The SMILES string of the molecule is CCCc1ccc(C(=O)CCC(=O)NCc2ccccc2C)cc1. The van der Waals surface area contributed by atoms with Crippen LogP contribution in [0.3, 0.4) is 0 Å². The van der Waals surface area contributed by atoms with Gasteiger partial charge in [-0.1, -0.05) is 61.9 Å². The second kappa shape index (κ2) is 9.02. The highest BCUT2D eigenvalue weighted by molar-refractivity contribution is 5.97. The van der Waals surface area contributed by atoms with E-state index in [0.717, 1.165) is 24.0 Å². The third-order valence-corrected chi connectivity index (χ3v) is 4.13. The highest BCUT2D eigenvalue weighted by atomic mass is 16.2. The summed E-state index contributed by atoms with van der Waals surface area (Å²) in [6, 6.07) is 15.7. The lowest BCUT2D eigenvalue weighted by Crippen LogP contribution is -2.23. The number of Topliss-reactive ketones (excluding diaryl/α,β-unsaturated/α-hetero) is 1. The maximum Gasteiger partial charge on any atom is 0.220 e. The van der Waals surface area contributed by atoms with Gasteiger partial charge in [0.15, 0.2) is 5.78 Å². The fourth-order valence-electron chi connectivity index (χ4n) is 2.61. The maximum absolute atomic E-state index is 12.2. The molecule has 3 heteroatoms. The van der Waals surface area contributed by atoms with E-state index in [1.807, 2.05) is 55.5 Å². The topological polar surface area (TPSA) is 46.2 Å². The second-order valence-electron chi connectivity index (χ2n) is 6.07. The Morgan fingerprint density at radius 2 is 1.67 bits per heavy atom. The van der Waals surface area contributed by atoms with E-state index in [4.69, 9.17) is 0 Å². The molecule has 3 nitrogen and oxygen atoms in total. The molecule has 2 rings (SSSR count). The molecule has 0 atom stereocenters. The van der Waals surface area contributed by atoms with E-state index in [2.05, 4.69) is 12.2 Å². The van der Waals surface area contributed by atoms with Crippen molar-refractivity contribution in [2.75, 3.05) is 0 Å². The fourth-order valence-corrected chi connectivity index (χ4v) is 2.61. The van der Waals surface area contributed by atoms with E-state index in [1.54, 1.807) is 0 Å². The number of benzene rings is 2. The van der Waals surface area contributed by atoms with Crippen molar-refractivity contribution in [2.24, 2.45) is 0 Å². The van der Waals surface area contributed by atoms with E-state index in [1.165, 1.54) is 5.56 Å². The molecule has 2 aromatic carbocycles. The van der Waals surface area contributed by atoms with Gasteiger partial charge in [-0.25, -0.2) is 0 Å². The van der Waals surface area contributed by atoms with Gasteiger partial charge in [0.1, 0.15) is 0 Å². The van der Waals surface area contributed by atoms with Gasteiger partial charge in [0.25, 0.3) is 0 Å². The van der Waals surface area contributed by atoms with Crippen molar-refractivity contribution in [2.45, 2.75) is 46.1 Å². The number of hydrogen-bond donors (Lipinski definition) is 1. The number of ketones is 1. The highest BCUT2D eigenvalue weighted by Crippen LogP contribution is 2.10. The molecule has 0 unspecified atom stereocenters. The lowest BCUT2D eigenvalue weighted by atomic mass is 10.0. The van der Waals surface area contributed by atoms with Crippen LogP contribution in [0.1, 0.15) is 53.2 Å². The zero-order valence-electron chi connectivity index (χ0n) is 14.5. The number of amides is 1. The van der Waals surface area contributed by atoms with Crippen LogP contribution >= 0.6 is 0 Å². The van der Waals surface area contributed by atoms with Gasteiger partial charge in [-0.05, 0) is 30.0 Å². The summed E-state index contributed by atoms with van der Waals surface area (Å²) in [5.41, 5.74) is 4.18. The van der Waals surface area contributed by atoms with Gasteiger partial charge in [0.2, 0.25) is 5.91 Å². The number of carbonyl (C=O) groups excluding carboxylic acids is 2. The average molecular weight is 323 g/mol. The van der Waals surface area contributed by atoms with Gasteiger partial charge in [-0.3, -0.25) is 9.59 Å². The van der Waals surface area contributed by atoms with Crippen molar-refractivity contribution in [3.8, 4) is 0 Å². The summed E-state index contributed by atoms with van der Waals surface area (Å²) in [5.74, 6) is -0.0710. The van der Waals surface area contributed by atoms with Gasteiger partial charge in [-0.15, -0.1) is 0 Å². The minimum atomic E-state index is -0.0887. The van der Waals surface area contributed by atoms with Crippen molar-refractivity contribution in [3.05, 3.63) is 70.8 Å². The number of hydrogen-bond acceptors (Lipinski definition) is 2. The molecule has 0 aromatic heterocycles. The van der Waals surface area contributed by atoms with E-state index in [9.17, 15) is 9.59 Å². The van der Waals surface area contributed by atoms with Crippen LogP contribution in [0.25, 0.3) is 0 Å². The molecule has 0 aliphatic rings. The Morgan fingerprint density at radius 1 is 0.958 bits per heavy atom. The first-order valence-corrected chi connectivity index (χ1v) is 8.53. The molecule has 126 valence electrons. The van der Waals surface area contributed by atoms with Crippen LogP contribution in [0, 0.1) is 6.92 Å². The van der Waals surface area contributed by atoms with Gasteiger partial charge >= 0.3 is 0 Å². The molecule has 0 aliphatic heterocycles. The number of aryl methyl sites for hydroxylation is 2. The Hall–Kier alpha value is -2.42. The lowest BCUT2D eigenvalue weighted by molar-refractivity contribution is -0.121. The smallest absolute Gasteiger partial charge is 0.220 e. The van der Waals surface area contributed by atoms with Crippen LogP contribution in [0.15, 0.2) is 48.5 Å².